The molecule has 9 nitrogen and oxygen atoms in total. The molecule has 0 aromatic heterocycles. The van der Waals surface area contributed by atoms with E-state index in [4.69, 9.17) is 9.47 Å². The molecule has 0 radical (unpaired) electrons. The summed E-state index contributed by atoms with van der Waals surface area (Å²) in [7, 11) is 0. The van der Waals surface area contributed by atoms with Gasteiger partial charge in [0.25, 0.3) is 11.6 Å². The number of amides is 3. The van der Waals surface area contributed by atoms with Crippen molar-refractivity contribution in [2.24, 2.45) is 0 Å². The van der Waals surface area contributed by atoms with Crippen LogP contribution in [0.4, 0.5) is 10.5 Å². The van der Waals surface area contributed by atoms with Gasteiger partial charge in [0, 0.05) is 17.7 Å². The number of rotatable bonds is 9. The Balaban J connectivity index is 1.91. The van der Waals surface area contributed by atoms with E-state index in [0.717, 1.165) is 11.1 Å². The number of ether oxygens (including phenoxy) is 2. The Morgan fingerprint density at radius 1 is 1.13 bits per heavy atom. The van der Waals surface area contributed by atoms with E-state index in [1.807, 2.05) is 13.0 Å². The Morgan fingerprint density at radius 2 is 1.87 bits per heavy atom. The van der Waals surface area contributed by atoms with Crippen molar-refractivity contribution < 1.29 is 24.0 Å². The zero-order valence-electron chi connectivity index (χ0n) is 16.8. The number of imide groups is 1. The zero-order chi connectivity index (χ0) is 22.4. The maximum absolute atomic E-state index is 11.8. The molecule has 0 atom stereocenters. The Bertz CT molecular complexity index is 1060. The summed E-state index contributed by atoms with van der Waals surface area (Å²) in [6.45, 7) is 6.18. The summed E-state index contributed by atoms with van der Waals surface area (Å²) in [5, 5.41) is 15.4. The largest absolute Gasteiger partial charge is 0.490 e. The monoisotopic (exact) mass is 423 g/mol. The first-order valence-electron chi connectivity index (χ1n) is 9.52. The van der Waals surface area contributed by atoms with Crippen molar-refractivity contribution in [1.82, 2.24) is 10.6 Å². The van der Waals surface area contributed by atoms with Gasteiger partial charge in [0.15, 0.2) is 11.5 Å². The van der Waals surface area contributed by atoms with Crippen molar-refractivity contribution in [1.29, 1.82) is 0 Å². The van der Waals surface area contributed by atoms with Gasteiger partial charge >= 0.3 is 6.03 Å². The predicted octanol–water partition coefficient (Wildman–Crippen LogP) is 3.48. The normalized spacial score (nSPS) is 14.2. The second kappa shape index (κ2) is 9.57. The molecule has 160 valence electrons. The number of carbonyl (C=O) groups excluding carboxylic acids is 2. The molecular weight excluding hydrogens is 402 g/mol. The molecule has 3 amide bonds. The van der Waals surface area contributed by atoms with Crippen LogP contribution in [-0.2, 0) is 17.8 Å². The highest BCUT2D eigenvalue weighted by Crippen LogP contribution is 2.35. The molecule has 2 aromatic carbocycles. The van der Waals surface area contributed by atoms with Gasteiger partial charge in [-0.05, 0) is 54.8 Å². The van der Waals surface area contributed by atoms with E-state index in [0.29, 0.717) is 30.1 Å². The zero-order valence-corrected chi connectivity index (χ0v) is 16.8. The number of hydrogen-bond donors (Lipinski definition) is 2. The molecule has 9 heteroatoms. The van der Waals surface area contributed by atoms with Crippen molar-refractivity contribution in [3.05, 3.63) is 81.6 Å². The molecule has 2 N–H and O–H groups in total. The molecule has 1 aliphatic rings. The highest BCUT2D eigenvalue weighted by molar-refractivity contribution is 6.14. The van der Waals surface area contributed by atoms with Crippen LogP contribution >= 0.6 is 0 Å². The summed E-state index contributed by atoms with van der Waals surface area (Å²) in [6.07, 6.45) is 3.74. The minimum Gasteiger partial charge on any atom is -0.490 e. The van der Waals surface area contributed by atoms with Crippen LogP contribution < -0.4 is 20.1 Å². The molecule has 1 heterocycles. The summed E-state index contributed by atoms with van der Waals surface area (Å²) in [5.41, 5.74) is 2.33. The molecule has 0 aliphatic carbocycles. The summed E-state index contributed by atoms with van der Waals surface area (Å²) in [4.78, 5) is 33.5. The minimum absolute atomic E-state index is 0.00605. The maximum Gasteiger partial charge on any atom is 0.326 e. The van der Waals surface area contributed by atoms with E-state index in [1.54, 1.807) is 30.4 Å². The van der Waals surface area contributed by atoms with Crippen molar-refractivity contribution in [2.75, 3.05) is 6.61 Å². The van der Waals surface area contributed by atoms with Crippen LogP contribution in [0.5, 0.6) is 11.5 Å². The van der Waals surface area contributed by atoms with E-state index in [2.05, 4.69) is 17.2 Å². The Hall–Kier alpha value is -4.14. The highest BCUT2D eigenvalue weighted by Gasteiger charge is 2.23. The Morgan fingerprint density at radius 3 is 2.45 bits per heavy atom. The second-order valence-electron chi connectivity index (χ2n) is 6.61. The number of nitro benzene ring substituents is 1. The lowest BCUT2D eigenvalue weighted by Gasteiger charge is -2.17. The van der Waals surface area contributed by atoms with E-state index in [-0.39, 0.29) is 18.0 Å². The van der Waals surface area contributed by atoms with Crippen LogP contribution in [0.2, 0.25) is 0 Å². The number of urea groups is 1. The standard InChI is InChI=1S/C22H21N3O6/c1-3-5-16-10-15(11-18-21(26)24-22(27)23-18)12-19(30-4-2)20(16)31-13-14-6-8-17(9-7-14)25(28)29/h3,6-12H,1,4-5,13H2,2H3,(H2,23,24,26,27). The molecular formula is C22H21N3O6. The number of carbonyl (C=O) groups is 2. The lowest BCUT2D eigenvalue weighted by atomic mass is 10.0. The lowest BCUT2D eigenvalue weighted by molar-refractivity contribution is -0.384. The van der Waals surface area contributed by atoms with E-state index >= 15 is 0 Å². The van der Waals surface area contributed by atoms with Crippen LogP contribution in [0.25, 0.3) is 6.08 Å². The van der Waals surface area contributed by atoms with Crippen LogP contribution in [0.15, 0.2) is 54.8 Å². The number of hydrogen-bond acceptors (Lipinski definition) is 6. The van der Waals surface area contributed by atoms with Crippen LogP contribution in [-0.4, -0.2) is 23.5 Å². The minimum atomic E-state index is -0.573. The van der Waals surface area contributed by atoms with Crippen molar-refractivity contribution in [3.63, 3.8) is 0 Å². The first-order chi connectivity index (χ1) is 14.9. The van der Waals surface area contributed by atoms with Gasteiger partial charge < -0.3 is 14.8 Å². The fourth-order valence-corrected chi connectivity index (χ4v) is 3.02. The number of allylic oxidation sites excluding steroid dienone is 1. The smallest absolute Gasteiger partial charge is 0.326 e. The predicted molar refractivity (Wildman–Crippen MR) is 114 cm³/mol. The molecule has 3 rings (SSSR count). The van der Waals surface area contributed by atoms with E-state index in [1.165, 1.54) is 12.1 Å². The SMILES string of the molecule is C=CCc1cc(C=C2NC(=O)NC2=O)cc(OCC)c1OCc1ccc([N+](=O)[O-])cc1. The number of benzene rings is 2. The topological polar surface area (TPSA) is 120 Å². The number of non-ortho nitro benzene ring substituents is 1. The first-order valence-corrected chi connectivity index (χ1v) is 9.52. The maximum atomic E-state index is 11.8. The fraction of sp³-hybridized carbons (Fsp3) is 0.182. The molecule has 1 saturated heterocycles. The molecule has 0 unspecified atom stereocenters. The number of nitro groups is 1. The van der Waals surface area contributed by atoms with Gasteiger partial charge in [-0.1, -0.05) is 6.08 Å². The van der Waals surface area contributed by atoms with Gasteiger partial charge in [0.1, 0.15) is 12.3 Å². The molecule has 0 bridgehead atoms. The highest BCUT2D eigenvalue weighted by atomic mass is 16.6. The molecule has 2 aromatic rings. The van der Waals surface area contributed by atoms with Crippen molar-refractivity contribution in [3.8, 4) is 11.5 Å². The van der Waals surface area contributed by atoms with Gasteiger partial charge in [-0.15, -0.1) is 6.58 Å². The first kappa shape index (κ1) is 21.6. The third kappa shape index (κ3) is 5.27. The van der Waals surface area contributed by atoms with E-state index in [9.17, 15) is 19.7 Å². The van der Waals surface area contributed by atoms with Gasteiger partial charge in [0.2, 0.25) is 0 Å². The van der Waals surface area contributed by atoms with Gasteiger partial charge in [-0.25, -0.2) is 4.79 Å². The molecule has 1 fully saturated rings. The van der Waals surface area contributed by atoms with Crippen molar-refractivity contribution in [2.45, 2.75) is 20.0 Å². The summed E-state index contributed by atoms with van der Waals surface area (Å²) in [6, 6.07) is 9.06. The summed E-state index contributed by atoms with van der Waals surface area (Å²) in [5.74, 6) is 0.481. The lowest BCUT2D eigenvalue weighted by Crippen LogP contribution is -2.22. The van der Waals surface area contributed by atoms with Gasteiger partial charge in [-0.2, -0.15) is 0 Å². The van der Waals surface area contributed by atoms with Gasteiger partial charge in [0.05, 0.1) is 11.5 Å². The summed E-state index contributed by atoms with van der Waals surface area (Å²) >= 11 is 0. The van der Waals surface area contributed by atoms with Gasteiger partial charge in [-0.3, -0.25) is 20.2 Å². The number of nitrogens with one attached hydrogen (secondary N) is 2. The average Bonchev–Trinajstić information content (AvgIpc) is 3.04. The van der Waals surface area contributed by atoms with Crippen LogP contribution in [0, 0.1) is 10.1 Å². The third-order valence-electron chi connectivity index (χ3n) is 4.38. The molecule has 0 spiro atoms. The number of nitrogens with zero attached hydrogens (tertiary/aromatic N) is 1. The van der Waals surface area contributed by atoms with Crippen LogP contribution in [0.3, 0.4) is 0 Å². The molecule has 0 saturated carbocycles. The average molecular weight is 423 g/mol. The summed E-state index contributed by atoms with van der Waals surface area (Å²) < 4.78 is 11.8. The van der Waals surface area contributed by atoms with Crippen molar-refractivity contribution >= 4 is 23.7 Å². The third-order valence-corrected chi connectivity index (χ3v) is 4.38. The Kier molecular flexibility index (Phi) is 6.66. The molecule has 31 heavy (non-hydrogen) atoms. The Labute approximate surface area is 178 Å². The second-order valence-corrected chi connectivity index (χ2v) is 6.61. The van der Waals surface area contributed by atoms with E-state index < -0.39 is 16.9 Å². The fourth-order valence-electron chi connectivity index (χ4n) is 3.02. The quantitative estimate of drug-likeness (QED) is 0.209. The van der Waals surface area contributed by atoms with Crippen LogP contribution in [0.1, 0.15) is 23.6 Å². The molecule has 1 aliphatic heterocycles.